The zero-order valence-electron chi connectivity index (χ0n) is 17.2. The lowest BCUT2D eigenvalue weighted by atomic mass is 9.94. The summed E-state index contributed by atoms with van der Waals surface area (Å²) < 4.78 is 0. The third kappa shape index (κ3) is 4.60. The van der Waals surface area contributed by atoms with Crippen molar-refractivity contribution >= 4 is 22.5 Å². The van der Waals surface area contributed by atoms with Crippen LogP contribution in [-0.2, 0) is 11.2 Å². The molecule has 1 N–H and O–H groups in total. The van der Waals surface area contributed by atoms with Gasteiger partial charge in [-0.05, 0) is 44.2 Å². The molecule has 1 aromatic heterocycles. The molecule has 1 aromatic carbocycles. The van der Waals surface area contributed by atoms with Crippen molar-refractivity contribution in [1.82, 2.24) is 10.3 Å². The van der Waals surface area contributed by atoms with Gasteiger partial charge in [0.05, 0.1) is 5.52 Å². The van der Waals surface area contributed by atoms with Crippen molar-refractivity contribution in [2.75, 3.05) is 18.0 Å². The number of pyridine rings is 1. The molecule has 1 aliphatic heterocycles. The first-order valence-electron chi connectivity index (χ1n) is 10.4. The fraction of sp³-hybridized carbons (Fsp3) is 0.565. The molecular weight excluding hydrogens is 334 g/mol. The van der Waals surface area contributed by atoms with Crippen LogP contribution in [0.1, 0.15) is 52.7 Å². The molecule has 1 fully saturated rings. The Hall–Kier alpha value is -2.10. The van der Waals surface area contributed by atoms with Crippen LogP contribution in [-0.4, -0.2) is 30.0 Å². The lowest BCUT2D eigenvalue weighted by Crippen LogP contribution is -2.44. The van der Waals surface area contributed by atoms with Gasteiger partial charge in [-0.25, -0.2) is 0 Å². The van der Waals surface area contributed by atoms with Crippen LogP contribution in [0.3, 0.4) is 0 Å². The highest BCUT2D eigenvalue weighted by Crippen LogP contribution is 2.31. The number of nitrogens with one attached hydrogen (secondary N) is 1. The highest BCUT2D eigenvalue weighted by atomic mass is 16.1. The van der Waals surface area contributed by atoms with E-state index in [2.05, 4.69) is 68.2 Å². The van der Waals surface area contributed by atoms with Crippen LogP contribution in [0, 0.1) is 11.8 Å². The van der Waals surface area contributed by atoms with Gasteiger partial charge in [-0.3, -0.25) is 9.78 Å². The summed E-state index contributed by atoms with van der Waals surface area (Å²) in [6, 6.07) is 10.9. The van der Waals surface area contributed by atoms with Crippen molar-refractivity contribution < 1.29 is 4.79 Å². The Kier molecular flexibility index (Phi) is 6.35. The smallest absolute Gasteiger partial charge is 0.223 e. The van der Waals surface area contributed by atoms with Gasteiger partial charge in [0.15, 0.2) is 0 Å². The molecule has 0 spiro atoms. The van der Waals surface area contributed by atoms with Gasteiger partial charge in [-0.1, -0.05) is 45.4 Å². The van der Waals surface area contributed by atoms with Gasteiger partial charge in [-0.15, -0.1) is 0 Å². The standard InChI is InChI=1S/C23H33N3O/c1-5-8-19-15-22(20-9-6-7-10-21(20)25-19)26-13-11-18(12-14-26)23(27)24-17(4)16(2)3/h6-7,9-10,15-18H,5,8,11-14H2,1-4H3,(H,24,27). The molecule has 27 heavy (non-hydrogen) atoms. The summed E-state index contributed by atoms with van der Waals surface area (Å²) in [5.74, 6) is 0.821. The molecule has 3 rings (SSSR count). The number of anilines is 1. The van der Waals surface area contributed by atoms with Crippen molar-refractivity contribution in [3.63, 3.8) is 0 Å². The first-order valence-corrected chi connectivity index (χ1v) is 10.4. The van der Waals surface area contributed by atoms with Crippen LogP contribution in [0.15, 0.2) is 30.3 Å². The summed E-state index contributed by atoms with van der Waals surface area (Å²) in [5, 5.41) is 4.41. The molecule has 0 saturated carbocycles. The fourth-order valence-electron chi connectivity index (χ4n) is 3.75. The molecule has 4 heteroatoms. The number of hydrogen-bond donors (Lipinski definition) is 1. The molecule has 1 aliphatic rings. The van der Waals surface area contributed by atoms with E-state index in [1.807, 2.05) is 0 Å². The van der Waals surface area contributed by atoms with Crippen molar-refractivity contribution in [2.24, 2.45) is 11.8 Å². The maximum atomic E-state index is 12.6. The molecule has 1 unspecified atom stereocenters. The number of rotatable bonds is 6. The minimum atomic E-state index is 0.130. The van der Waals surface area contributed by atoms with Gasteiger partial charge in [0.2, 0.25) is 5.91 Å². The molecule has 1 atom stereocenters. The van der Waals surface area contributed by atoms with E-state index in [4.69, 9.17) is 4.98 Å². The Labute approximate surface area is 163 Å². The van der Waals surface area contributed by atoms with E-state index >= 15 is 0 Å². The predicted octanol–water partition coefficient (Wildman–Crippen LogP) is 4.56. The molecule has 146 valence electrons. The van der Waals surface area contributed by atoms with Crippen molar-refractivity contribution in [3.8, 4) is 0 Å². The zero-order valence-corrected chi connectivity index (χ0v) is 17.2. The van der Waals surface area contributed by atoms with Crippen LogP contribution in [0.25, 0.3) is 10.9 Å². The van der Waals surface area contributed by atoms with E-state index in [1.54, 1.807) is 0 Å². The van der Waals surface area contributed by atoms with Crippen LogP contribution < -0.4 is 10.2 Å². The average Bonchev–Trinajstić information content (AvgIpc) is 2.67. The Bertz CT molecular complexity index is 778. The first-order chi connectivity index (χ1) is 13.0. The highest BCUT2D eigenvalue weighted by molar-refractivity contribution is 5.92. The minimum absolute atomic E-state index is 0.130. The van der Waals surface area contributed by atoms with Crippen molar-refractivity contribution in [3.05, 3.63) is 36.0 Å². The van der Waals surface area contributed by atoms with Crippen LogP contribution in [0.2, 0.25) is 0 Å². The monoisotopic (exact) mass is 367 g/mol. The number of aromatic nitrogens is 1. The number of fused-ring (bicyclic) bond motifs is 1. The normalized spacial score (nSPS) is 16.7. The summed E-state index contributed by atoms with van der Waals surface area (Å²) in [4.78, 5) is 19.8. The Morgan fingerprint density at radius 2 is 1.93 bits per heavy atom. The van der Waals surface area contributed by atoms with Gasteiger partial charge in [-0.2, -0.15) is 0 Å². The number of para-hydroxylation sites is 1. The molecule has 0 bridgehead atoms. The number of benzene rings is 1. The largest absolute Gasteiger partial charge is 0.371 e. The maximum absolute atomic E-state index is 12.6. The highest BCUT2D eigenvalue weighted by Gasteiger charge is 2.27. The van der Waals surface area contributed by atoms with Crippen LogP contribution in [0.5, 0.6) is 0 Å². The molecular formula is C23H33N3O. The van der Waals surface area contributed by atoms with Crippen LogP contribution in [0.4, 0.5) is 5.69 Å². The van der Waals surface area contributed by atoms with E-state index in [-0.39, 0.29) is 17.9 Å². The SMILES string of the molecule is CCCc1cc(N2CCC(C(=O)NC(C)C(C)C)CC2)c2ccccc2n1. The van der Waals surface area contributed by atoms with E-state index < -0.39 is 0 Å². The number of amides is 1. The van der Waals surface area contributed by atoms with E-state index in [9.17, 15) is 4.79 Å². The van der Waals surface area contributed by atoms with Gasteiger partial charge in [0.25, 0.3) is 0 Å². The molecule has 2 aromatic rings. The van der Waals surface area contributed by atoms with Gasteiger partial charge >= 0.3 is 0 Å². The lowest BCUT2D eigenvalue weighted by Gasteiger charge is -2.34. The first kappa shape index (κ1) is 19.7. The summed E-state index contributed by atoms with van der Waals surface area (Å²) in [6.07, 6.45) is 3.93. The molecule has 2 heterocycles. The minimum Gasteiger partial charge on any atom is -0.371 e. The third-order valence-corrected chi connectivity index (χ3v) is 5.83. The summed E-state index contributed by atoms with van der Waals surface area (Å²) in [7, 11) is 0. The number of nitrogens with zero attached hydrogens (tertiary/aromatic N) is 2. The van der Waals surface area contributed by atoms with Gasteiger partial charge in [0.1, 0.15) is 0 Å². The van der Waals surface area contributed by atoms with E-state index in [0.29, 0.717) is 5.92 Å². The molecule has 1 saturated heterocycles. The third-order valence-electron chi connectivity index (χ3n) is 5.83. The van der Waals surface area contributed by atoms with Gasteiger partial charge < -0.3 is 10.2 Å². The van der Waals surface area contributed by atoms with Gasteiger partial charge in [0, 0.05) is 41.8 Å². The molecule has 0 radical (unpaired) electrons. The van der Waals surface area contributed by atoms with E-state index in [0.717, 1.165) is 50.0 Å². The van der Waals surface area contributed by atoms with Crippen molar-refractivity contribution in [2.45, 2.75) is 59.4 Å². The average molecular weight is 368 g/mol. The zero-order chi connectivity index (χ0) is 19.4. The quantitative estimate of drug-likeness (QED) is 0.814. The second-order valence-electron chi connectivity index (χ2n) is 8.20. The predicted molar refractivity (Wildman–Crippen MR) is 113 cm³/mol. The number of piperidine rings is 1. The summed E-state index contributed by atoms with van der Waals surface area (Å²) in [5.41, 5.74) is 3.51. The van der Waals surface area contributed by atoms with E-state index in [1.165, 1.54) is 11.1 Å². The Morgan fingerprint density at radius 1 is 1.22 bits per heavy atom. The number of carbonyl (C=O) groups excluding carboxylic acids is 1. The molecule has 1 amide bonds. The molecule has 4 nitrogen and oxygen atoms in total. The second-order valence-corrected chi connectivity index (χ2v) is 8.20. The molecule has 0 aliphatic carbocycles. The Balaban J connectivity index is 1.73. The Morgan fingerprint density at radius 3 is 2.59 bits per heavy atom. The lowest BCUT2D eigenvalue weighted by molar-refractivity contribution is -0.126. The van der Waals surface area contributed by atoms with Crippen LogP contribution >= 0.6 is 0 Å². The number of carbonyl (C=O) groups is 1. The second kappa shape index (κ2) is 8.73. The number of aryl methyl sites for hydroxylation is 1. The number of hydrogen-bond acceptors (Lipinski definition) is 3. The topological polar surface area (TPSA) is 45.2 Å². The summed E-state index contributed by atoms with van der Waals surface area (Å²) >= 11 is 0. The fourth-order valence-corrected chi connectivity index (χ4v) is 3.75. The summed E-state index contributed by atoms with van der Waals surface area (Å²) in [6.45, 7) is 10.4. The maximum Gasteiger partial charge on any atom is 0.223 e. The van der Waals surface area contributed by atoms with Crippen molar-refractivity contribution in [1.29, 1.82) is 0 Å².